The van der Waals surface area contributed by atoms with Crippen molar-refractivity contribution in [3.63, 3.8) is 0 Å². The van der Waals surface area contributed by atoms with Gasteiger partial charge >= 0.3 is 0 Å². The van der Waals surface area contributed by atoms with Crippen molar-refractivity contribution in [3.05, 3.63) is 54.1 Å². The molecule has 0 bridgehead atoms. The van der Waals surface area contributed by atoms with Gasteiger partial charge in [-0.1, -0.05) is 56.5 Å². The fourth-order valence-corrected chi connectivity index (χ4v) is 4.52. The number of nitrogens with one attached hydrogen (secondary N) is 2. The zero-order valence-corrected chi connectivity index (χ0v) is 18.1. The minimum atomic E-state index is -0.0138. The number of para-hydroxylation sites is 1. The van der Waals surface area contributed by atoms with Crippen LogP contribution in [-0.4, -0.2) is 15.2 Å². The number of azo groups is 1. The molecular weight excluding hydrogens is 392 g/mol. The Bertz CT molecular complexity index is 1030. The first kappa shape index (κ1) is 20.5. The summed E-state index contributed by atoms with van der Waals surface area (Å²) in [7, 11) is 0. The quantitative estimate of drug-likeness (QED) is 0.304. The Hall–Kier alpha value is -2.73. The van der Waals surface area contributed by atoms with Crippen molar-refractivity contribution in [3.8, 4) is 5.88 Å². The number of aromatic amines is 1. The van der Waals surface area contributed by atoms with E-state index >= 15 is 0 Å². The normalized spacial score (nSPS) is 19.4. The Morgan fingerprint density at radius 2 is 1.77 bits per heavy atom. The monoisotopic (exact) mass is 420 g/mol. The van der Waals surface area contributed by atoms with Gasteiger partial charge in [0.2, 0.25) is 11.0 Å². The number of H-pyrrole nitrogens is 1. The smallest absolute Gasteiger partial charge is 0.218 e. The molecule has 3 aromatic rings. The Labute approximate surface area is 182 Å². The molecule has 3 N–H and O–H groups in total. The summed E-state index contributed by atoms with van der Waals surface area (Å²) in [5.74, 6) is 1.74. The summed E-state index contributed by atoms with van der Waals surface area (Å²) in [6.07, 6.45) is 7.94. The minimum Gasteiger partial charge on any atom is -0.493 e. The number of hydrogen-bond acceptors (Lipinski definition) is 3. The zero-order chi connectivity index (χ0) is 20.9. The molecule has 0 spiro atoms. The highest BCUT2D eigenvalue weighted by Crippen LogP contribution is 2.35. The summed E-state index contributed by atoms with van der Waals surface area (Å²) in [6, 6.07) is 16.0. The Kier molecular flexibility index (Phi) is 6.43. The lowest BCUT2D eigenvalue weighted by molar-refractivity contribution is 0.268. The third-order valence-electron chi connectivity index (χ3n) is 6.17. The third kappa shape index (κ3) is 4.87. The number of anilines is 1. The Morgan fingerprint density at radius 1 is 1.07 bits per heavy atom. The average Bonchev–Trinajstić information content (AvgIpc) is 3.09. The van der Waals surface area contributed by atoms with Crippen LogP contribution >= 0.6 is 12.2 Å². The van der Waals surface area contributed by atoms with Crippen LogP contribution in [-0.2, 0) is 6.42 Å². The van der Waals surface area contributed by atoms with Gasteiger partial charge in [-0.2, -0.15) is 0 Å². The lowest BCUT2D eigenvalue weighted by Crippen LogP contribution is -2.15. The third-order valence-corrected chi connectivity index (χ3v) is 6.36. The van der Waals surface area contributed by atoms with Gasteiger partial charge in [-0.3, -0.25) is 0 Å². The van der Waals surface area contributed by atoms with Crippen LogP contribution in [0.2, 0.25) is 0 Å². The van der Waals surface area contributed by atoms with Crippen molar-refractivity contribution in [1.82, 2.24) is 4.98 Å². The highest BCUT2D eigenvalue weighted by molar-refractivity contribution is 7.80. The maximum Gasteiger partial charge on any atom is 0.218 e. The second-order valence-corrected chi connectivity index (χ2v) is 8.58. The van der Waals surface area contributed by atoms with Crippen LogP contribution in [0.25, 0.3) is 10.9 Å². The Morgan fingerprint density at radius 3 is 2.50 bits per heavy atom. The van der Waals surface area contributed by atoms with Crippen molar-refractivity contribution in [2.75, 3.05) is 5.32 Å². The highest BCUT2D eigenvalue weighted by Gasteiger charge is 2.20. The molecule has 1 fully saturated rings. The Balaban J connectivity index is 1.33. The molecule has 1 heterocycles. The van der Waals surface area contributed by atoms with E-state index in [0.717, 1.165) is 34.8 Å². The topological polar surface area (TPSA) is 72.8 Å². The summed E-state index contributed by atoms with van der Waals surface area (Å²) >= 11 is 5.30. The predicted molar refractivity (Wildman–Crippen MR) is 127 cm³/mol. The molecule has 2 aromatic carbocycles. The van der Waals surface area contributed by atoms with Crippen LogP contribution in [0.5, 0.6) is 5.88 Å². The molecule has 156 valence electrons. The number of hydrogen-bond donors (Lipinski definition) is 3. The van der Waals surface area contributed by atoms with E-state index in [1.807, 2.05) is 36.4 Å². The standard InChI is InChI=1S/C24H28N4OS/c1-2-16-7-9-17(10-8-16)15-18-11-13-19(14-12-18)25-24(30)28-27-22-20-5-3-4-6-21(20)26-23(22)29/h3-6,11-14,16-17,26,29H,2,7-10,15H2,1H3,(H,25,30). The van der Waals surface area contributed by atoms with E-state index in [-0.39, 0.29) is 11.0 Å². The van der Waals surface area contributed by atoms with Crippen molar-refractivity contribution < 1.29 is 5.11 Å². The molecule has 0 aliphatic heterocycles. The second kappa shape index (κ2) is 9.39. The van der Waals surface area contributed by atoms with E-state index in [1.165, 1.54) is 37.7 Å². The number of aromatic hydroxyl groups is 1. The van der Waals surface area contributed by atoms with E-state index in [9.17, 15) is 5.11 Å². The van der Waals surface area contributed by atoms with Gasteiger partial charge in [0, 0.05) is 11.1 Å². The summed E-state index contributed by atoms with van der Waals surface area (Å²) in [5, 5.41) is 22.4. The van der Waals surface area contributed by atoms with Gasteiger partial charge < -0.3 is 15.4 Å². The van der Waals surface area contributed by atoms with Gasteiger partial charge in [0.1, 0.15) is 0 Å². The molecule has 5 nitrogen and oxygen atoms in total. The van der Waals surface area contributed by atoms with Crippen LogP contribution in [0.15, 0.2) is 58.8 Å². The summed E-state index contributed by atoms with van der Waals surface area (Å²) in [4.78, 5) is 2.88. The molecule has 30 heavy (non-hydrogen) atoms. The van der Waals surface area contributed by atoms with E-state index in [4.69, 9.17) is 12.2 Å². The maximum absolute atomic E-state index is 10.1. The lowest BCUT2D eigenvalue weighted by atomic mass is 9.78. The molecule has 0 atom stereocenters. The summed E-state index contributed by atoms with van der Waals surface area (Å²) in [6.45, 7) is 2.31. The zero-order valence-electron chi connectivity index (χ0n) is 17.3. The molecule has 0 radical (unpaired) electrons. The molecule has 0 amide bonds. The number of fused-ring (bicyclic) bond motifs is 1. The van der Waals surface area contributed by atoms with E-state index < -0.39 is 0 Å². The number of nitrogens with zero attached hydrogens (tertiary/aromatic N) is 2. The van der Waals surface area contributed by atoms with Crippen molar-refractivity contribution in [2.45, 2.75) is 45.4 Å². The fourth-order valence-electron chi connectivity index (χ4n) is 4.36. The fraction of sp³-hybridized carbons (Fsp3) is 0.375. The number of benzene rings is 2. The van der Waals surface area contributed by atoms with Gasteiger partial charge in [-0.25, -0.2) is 0 Å². The van der Waals surface area contributed by atoms with E-state index in [0.29, 0.717) is 5.69 Å². The number of rotatable bonds is 5. The summed E-state index contributed by atoms with van der Waals surface area (Å²) < 4.78 is 0. The van der Waals surface area contributed by atoms with Crippen LogP contribution < -0.4 is 5.32 Å². The van der Waals surface area contributed by atoms with Gasteiger partial charge in [-0.15, -0.1) is 10.2 Å². The molecule has 0 saturated heterocycles. The molecule has 1 saturated carbocycles. The van der Waals surface area contributed by atoms with Gasteiger partial charge in [0.05, 0.1) is 5.52 Å². The highest BCUT2D eigenvalue weighted by atomic mass is 32.1. The van der Waals surface area contributed by atoms with Crippen LogP contribution in [0.1, 0.15) is 44.6 Å². The second-order valence-electron chi connectivity index (χ2n) is 8.19. The molecular formula is C24H28N4OS. The van der Waals surface area contributed by atoms with E-state index in [2.05, 4.69) is 39.6 Å². The average molecular weight is 421 g/mol. The number of aromatic nitrogens is 1. The van der Waals surface area contributed by atoms with E-state index in [1.54, 1.807) is 0 Å². The van der Waals surface area contributed by atoms with Crippen LogP contribution in [0.3, 0.4) is 0 Å². The SMILES string of the molecule is CCC1CCC(Cc2ccc(NC(=S)N=Nc3c(O)[nH]c4ccccc34)cc2)CC1. The van der Waals surface area contributed by atoms with Crippen LogP contribution in [0, 0.1) is 11.8 Å². The molecule has 1 aliphatic rings. The molecule has 6 heteroatoms. The molecule has 1 aliphatic carbocycles. The first-order valence-corrected chi connectivity index (χ1v) is 11.1. The minimum absolute atomic E-state index is 0.0138. The first-order valence-electron chi connectivity index (χ1n) is 10.7. The molecule has 4 rings (SSSR count). The van der Waals surface area contributed by atoms with Crippen molar-refractivity contribution in [1.29, 1.82) is 0 Å². The predicted octanol–water partition coefficient (Wildman–Crippen LogP) is 7.11. The first-order chi connectivity index (χ1) is 14.6. The van der Waals surface area contributed by atoms with Crippen molar-refractivity contribution >= 4 is 39.6 Å². The van der Waals surface area contributed by atoms with Crippen LogP contribution in [0.4, 0.5) is 11.4 Å². The van der Waals surface area contributed by atoms with Crippen molar-refractivity contribution in [2.24, 2.45) is 22.1 Å². The lowest BCUT2D eigenvalue weighted by Gasteiger charge is -2.27. The number of thiocarbonyl (C=S) groups is 1. The largest absolute Gasteiger partial charge is 0.493 e. The summed E-state index contributed by atoms with van der Waals surface area (Å²) in [5.41, 5.74) is 3.46. The molecule has 1 aromatic heterocycles. The molecule has 0 unspecified atom stereocenters. The van der Waals surface area contributed by atoms with Gasteiger partial charge in [-0.05, 0) is 67.1 Å². The maximum atomic E-state index is 10.1. The van der Waals surface area contributed by atoms with Gasteiger partial charge in [0.15, 0.2) is 5.69 Å². The van der Waals surface area contributed by atoms with Gasteiger partial charge in [0.25, 0.3) is 0 Å².